The second-order valence-electron chi connectivity index (χ2n) is 6.95. The van der Waals surface area contributed by atoms with Crippen LogP contribution >= 0.6 is 0 Å². The van der Waals surface area contributed by atoms with Gasteiger partial charge in [0.15, 0.2) is 0 Å². The molecule has 0 saturated carbocycles. The molecule has 0 aromatic carbocycles. The summed E-state index contributed by atoms with van der Waals surface area (Å²) in [6.07, 6.45) is 7.22. The number of aromatic nitrogens is 2. The van der Waals surface area contributed by atoms with E-state index >= 15 is 0 Å². The Morgan fingerprint density at radius 3 is 2.69 bits per heavy atom. The van der Waals surface area contributed by atoms with Gasteiger partial charge in [0, 0.05) is 0 Å². The van der Waals surface area contributed by atoms with Gasteiger partial charge in [0.1, 0.15) is 0 Å². The molecule has 2 aromatic rings. The number of fused-ring (bicyclic) bond motifs is 1. The van der Waals surface area contributed by atoms with Crippen molar-refractivity contribution in [1.82, 2.24) is 9.78 Å². The minimum absolute atomic E-state index is 0.0444. The van der Waals surface area contributed by atoms with Crippen LogP contribution in [-0.2, 0) is 0 Å². The van der Waals surface area contributed by atoms with Crippen molar-refractivity contribution in [3.8, 4) is 11.2 Å². The number of hydrogen-bond acceptors (Lipinski definition) is 4. The van der Waals surface area contributed by atoms with Gasteiger partial charge in [-0.2, -0.15) is 0 Å². The van der Waals surface area contributed by atoms with Gasteiger partial charge in [-0.15, -0.1) is 0 Å². The third kappa shape index (κ3) is 3.83. The fourth-order valence-corrected chi connectivity index (χ4v) is 3.53. The normalized spacial score (nSPS) is 18.4. The van der Waals surface area contributed by atoms with Crippen LogP contribution in [0.2, 0.25) is 0 Å². The first-order valence-electron chi connectivity index (χ1n) is 9.35. The minimum atomic E-state index is -0.569. The second-order valence-corrected chi connectivity index (χ2v) is 6.95. The van der Waals surface area contributed by atoms with Crippen LogP contribution in [0.5, 0.6) is 0 Å². The molecule has 3 heterocycles. The number of anilines is 1. The summed E-state index contributed by atoms with van der Waals surface area (Å²) in [6.45, 7) is 15.4. The van der Waals surface area contributed by atoms with E-state index in [9.17, 15) is 4.79 Å². The molecule has 1 aliphatic rings. The molecule has 1 radical (unpaired) electrons. The van der Waals surface area contributed by atoms with Crippen LogP contribution in [0.15, 0.2) is 60.9 Å². The summed E-state index contributed by atoms with van der Waals surface area (Å²) < 4.78 is 1.81. The van der Waals surface area contributed by atoms with Crippen LogP contribution in [-0.4, -0.2) is 41.8 Å². The maximum atomic E-state index is 12.4. The quantitative estimate of drug-likeness (QED) is 0.519. The van der Waals surface area contributed by atoms with Crippen molar-refractivity contribution >= 4 is 38.2 Å². The van der Waals surface area contributed by atoms with Crippen molar-refractivity contribution in [1.29, 1.82) is 0 Å². The van der Waals surface area contributed by atoms with Gasteiger partial charge in [-0.05, 0) is 0 Å². The van der Waals surface area contributed by atoms with E-state index in [0.29, 0.717) is 22.4 Å². The molecule has 0 saturated heterocycles. The van der Waals surface area contributed by atoms with Gasteiger partial charge in [-0.25, -0.2) is 0 Å². The number of allylic oxidation sites excluding steroid dienone is 5. The number of rotatable bonds is 6. The molecule has 1 aliphatic heterocycles. The predicted octanol–water partition coefficient (Wildman–Crippen LogP) is 1.37. The molecule has 0 spiro atoms. The molecule has 2 unspecified atom stereocenters. The number of primary amides is 1. The molecule has 2 atom stereocenters. The van der Waals surface area contributed by atoms with E-state index in [-0.39, 0.29) is 12.0 Å². The van der Waals surface area contributed by atoms with Crippen molar-refractivity contribution in [2.75, 3.05) is 5.32 Å². The van der Waals surface area contributed by atoms with Crippen LogP contribution in [0.25, 0.3) is 11.2 Å². The molecule has 0 bridgehead atoms. The number of carbonyl (C=O) groups excluding carboxylic acids is 1. The molecule has 3 rings (SSSR count). The van der Waals surface area contributed by atoms with Crippen molar-refractivity contribution in [2.24, 2.45) is 11.7 Å². The zero-order chi connectivity index (χ0) is 21.1. The zero-order valence-corrected chi connectivity index (χ0v) is 16.6. The molecule has 1 amide bonds. The van der Waals surface area contributed by atoms with Crippen molar-refractivity contribution in [2.45, 2.75) is 19.9 Å². The topological polar surface area (TPSA) is 93.2 Å². The zero-order valence-electron chi connectivity index (χ0n) is 16.6. The molecule has 143 valence electrons. The first kappa shape index (κ1) is 20.8. The fraction of sp³-hybridized carbons (Fsp3) is 0.200. The second kappa shape index (κ2) is 8.61. The summed E-state index contributed by atoms with van der Waals surface area (Å²) in [5.41, 5.74) is 9.16. The Balaban J connectivity index is 2.24. The third-order valence-corrected chi connectivity index (χ3v) is 5.27. The van der Waals surface area contributed by atoms with E-state index < -0.39 is 5.91 Å². The summed E-state index contributed by atoms with van der Waals surface area (Å²) in [5, 5.41) is 17.9. The SMILES string of the molecule is C=C/C=C\C1=C(C=C)C(C)C(C)n2nc(-c3bbc([B]O)cc3)c(C(N)=O)c2N1. The summed E-state index contributed by atoms with van der Waals surface area (Å²) in [4.78, 5) is 12.4. The molecule has 9 heteroatoms. The molecular weight excluding hydrogens is 361 g/mol. The van der Waals surface area contributed by atoms with E-state index in [1.807, 2.05) is 29.8 Å². The monoisotopic (exact) mass is 383 g/mol. The van der Waals surface area contributed by atoms with Crippen LogP contribution in [0.1, 0.15) is 30.2 Å². The molecule has 0 fully saturated rings. The van der Waals surface area contributed by atoms with Gasteiger partial charge in [0.2, 0.25) is 0 Å². The number of nitrogens with two attached hydrogens (primary N) is 1. The molecular formula is C20H22B3N4O2. The summed E-state index contributed by atoms with van der Waals surface area (Å²) in [6, 6.07) is 3.50. The standard InChI is InChI=1S/C20H22B3N4O2/c1-5-7-8-15-13(6-2)11(3)12(4)27-20(25-15)17(19(24)28)18(26-27)14-9-10-16(23-29)22-21-14/h5-12,25,29H,1-2H2,3-4H3,(H2,24,28)/b8-7-. The molecule has 29 heavy (non-hydrogen) atoms. The number of amides is 1. The first-order valence-corrected chi connectivity index (χ1v) is 9.35. The Hall–Kier alpha value is -2.93. The van der Waals surface area contributed by atoms with Gasteiger partial charge in [-0.3, -0.25) is 0 Å². The Labute approximate surface area is 172 Å². The van der Waals surface area contributed by atoms with Crippen LogP contribution < -0.4 is 16.4 Å². The molecule has 2 aromatic heterocycles. The van der Waals surface area contributed by atoms with E-state index in [2.05, 4.69) is 25.4 Å². The molecule has 4 N–H and O–H groups in total. The predicted molar refractivity (Wildman–Crippen MR) is 121 cm³/mol. The Bertz CT molecular complexity index is 1030. The van der Waals surface area contributed by atoms with Crippen molar-refractivity contribution in [3.63, 3.8) is 0 Å². The molecule has 6 nitrogen and oxygen atoms in total. The molecule has 0 aliphatic carbocycles. The van der Waals surface area contributed by atoms with Gasteiger partial charge in [0.25, 0.3) is 0 Å². The Morgan fingerprint density at radius 1 is 1.38 bits per heavy atom. The fourth-order valence-electron chi connectivity index (χ4n) is 3.53. The van der Waals surface area contributed by atoms with Gasteiger partial charge >= 0.3 is 172 Å². The summed E-state index contributed by atoms with van der Waals surface area (Å²) in [7, 11) is 1.02. The summed E-state index contributed by atoms with van der Waals surface area (Å²) >= 11 is 0. The third-order valence-electron chi connectivity index (χ3n) is 5.27. The van der Waals surface area contributed by atoms with Crippen LogP contribution in [0.3, 0.4) is 0 Å². The van der Waals surface area contributed by atoms with Crippen molar-refractivity contribution < 1.29 is 9.82 Å². The Kier molecular flexibility index (Phi) is 6.18. The number of nitrogens with one attached hydrogen (secondary N) is 1. The number of carbonyl (C=O) groups is 1. The van der Waals surface area contributed by atoms with Gasteiger partial charge < -0.3 is 0 Å². The average molecular weight is 383 g/mol. The van der Waals surface area contributed by atoms with Crippen molar-refractivity contribution in [3.05, 3.63) is 66.4 Å². The maximum absolute atomic E-state index is 12.4. The van der Waals surface area contributed by atoms with E-state index in [1.54, 1.807) is 31.8 Å². The van der Waals surface area contributed by atoms with Crippen LogP contribution in [0.4, 0.5) is 5.82 Å². The van der Waals surface area contributed by atoms with E-state index in [0.717, 1.165) is 24.2 Å². The van der Waals surface area contributed by atoms with Gasteiger partial charge in [-0.1, -0.05) is 0 Å². The van der Waals surface area contributed by atoms with E-state index in [4.69, 9.17) is 15.9 Å². The number of nitrogens with zero attached hydrogens (tertiary/aromatic N) is 2. The van der Waals surface area contributed by atoms with Gasteiger partial charge in [0.05, 0.1) is 0 Å². The number of hydrogen-bond donors (Lipinski definition) is 3. The first-order chi connectivity index (χ1) is 13.9. The van der Waals surface area contributed by atoms with E-state index in [1.165, 1.54) is 0 Å². The Morgan fingerprint density at radius 2 is 2.14 bits per heavy atom. The average Bonchev–Trinajstić information content (AvgIpc) is 3.06. The summed E-state index contributed by atoms with van der Waals surface area (Å²) in [5.74, 6) is 0.0660. The van der Waals surface area contributed by atoms with Crippen LogP contribution in [0, 0.1) is 5.92 Å².